The Kier molecular flexibility index (Phi) is 4.61. The molecule has 1 aliphatic rings. The largest absolute Gasteiger partial charge is 0.462 e. The van der Waals surface area contributed by atoms with Crippen molar-refractivity contribution in [1.29, 1.82) is 0 Å². The summed E-state index contributed by atoms with van der Waals surface area (Å²) in [5.74, 6) is -0.373. The maximum atomic E-state index is 12.4. The highest BCUT2D eigenvalue weighted by Gasteiger charge is 2.32. The zero-order chi connectivity index (χ0) is 18.0. The lowest BCUT2D eigenvalue weighted by molar-refractivity contribution is 0.0524. The predicted octanol–water partition coefficient (Wildman–Crippen LogP) is 3.08. The van der Waals surface area contributed by atoms with E-state index in [9.17, 15) is 9.59 Å². The number of nitrogens with zero attached hydrogens (tertiary/aromatic N) is 1. The molecule has 3 N–H and O–H groups in total. The number of fused-ring (bicyclic) bond motifs is 1. The normalized spacial score (nSPS) is 14.4. The van der Waals surface area contributed by atoms with Crippen molar-refractivity contribution < 1.29 is 14.3 Å². The zero-order valence-electron chi connectivity index (χ0n) is 14.3. The van der Waals surface area contributed by atoms with Gasteiger partial charge in [-0.2, -0.15) is 0 Å². The van der Waals surface area contributed by atoms with E-state index in [1.54, 1.807) is 18.5 Å². The van der Waals surface area contributed by atoms with Crippen LogP contribution in [0.2, 0.25) is 0 Å². The third kappa shape index (κ3) is 3.15. The van der Waals surface area contributed by atoms with E-state index in [0.29, 0.717) is 17.9 Å². The van der Waals surface area contributed by atoms with Crippen molar-refractivity contribution in [2.45, 2.75) is 26.7 Å². The third-order valence-corrected chi connectivity index (χ3v) is 4.30. The minimum Gasteiger partial charge on any atom is -0.462 e. The fourth-order valence-electron chi connectivity index (χ4n) is 3.33. The van der Waals surface area contributed by atoms with Crippen molar-refractivity contribution in [1.82, 2.24) is 4.68 Å². The highest BCUT2D eigenvalue weighted by molar-refractivity contribution is 5.98. The summed E-state index contributed by atoms with van der Waals surface area (Å²) in [5.41, 5.74) is 12.9. The number of nitrogens with one attached hydrogen (secondary N) is 1. The topological polar surface area (TPSA) is 86.3 Å². The first-order chi connectivity index (χ1) is 12.0. The van der Waals surface area contributed by atoms with E-state index in [-0.39, 0.29) is 5.97 Å². The number of urea groups is 1. The number of amides is 2. The molecule has 0 radical (unpaired) electrons. The van der Waals surface area contributed by atoms with Crippen LogP contribution in [0.1, 0.15) is 46.2 Å². The Labute approximate surface area is 146 Å². The van der Waals surface area contributed by atoms with Crippen molar-refractivity contribution in [3.05, 3.63) is 58.4 Å². The monoisotopic (exact) mass is 339 g/mol. The number of carbonyl (C=O) groups excluding carboxylic acids is 2. The molecule has 1 aromatic carbocycles. The Hall–Kier alpha value is -3.02. The van der Waals surface area contributed by atoms with Gasteiger partial charge in [-0.3, -0.25) is 4.68 Å². The average molecular weight is 339 g/mol. The summed E-state index contributed by atoms with van der Waals surface area (Å²) in [6.45, 7) is 3.85. The van der Waals surface area contributed by atoms with Crippen LogP contribution in [0.25, 0.3) is 11.6 Å². The molecule has 0 aliphatic heterocycles. The van der Waals surface area contributed by atoms with E-state index in [1.165, 1.54) is 0 Å². The van der Waals surface area contributed by atoms with Gasteiger partial charge in [-0.25, -0.2) is 15.0 Å². The third-order valence-electron chi connectivity index (χ3n) is 4.30. The van der Waals surface area contributed by atoms with Crippen molar-refractivity contribution in [3.63, 3.8) is 0 Å². The number of benzene rings is 1. The lowest BCUT2D eigenvalue weighted by atomic mass is 10.1. The fraction of sp³-hybridized carbons (Fsp3) is 0.263. The van der Waals surface area contributed by atoms with Crippen LogP contribution in [0, 0.1) is 6.92 Å². The molecule has 0 atom stereocenters. The van der Waals surface area contributed by atoms with Crippen molar-refractivity contribution >= 4 is 23.6 Å². The summed E-state index contributed by atoms with van der Waals surface area (Å²) >= 11 is 0. The molecule has 0 spiro atoms. The van der Waals surface area contributed by atoms with Crippen LogP contribution >= 0.6 is 0 Å². The van der Waals surface area contributed by atoms with Crippen molar-refractivity contribution in [3.8, 4) is 0 Å². The Bertz CT molecular complexity index is 851. The maximum absolute atomic E-state index is 12.4. The first-order valence-corrected chi connectivity index (χ1v) is 8.26. The first kappa shape index (κ1) is 16.8. The van der Waals surface area contributed by atoms with E-state index in [2.05, 4.69) is 11.5 Å². The van der Waals surface area contributed by atoms with Gasteiger partial charge in [0.05, 0.1) is 23.6 Å². The van der Waals surface area contributed by atoms with Crippen molar-refractivity contribution in [2.75, 3.05) is 12.0 Å². The molecular weight excluding hydrogens is 318 g/mol. The van der Waals surface area contributed by atoms with Gasteiger partial charge in [0, 0.05) is 0 Å². The smallest absolute Gasteiger partial charge is 0.340 e. The number of hydrogen-bond donors (Lipinski definition) is 2. The van der Waals surface area contributed by atoms with Gasteiger partial charge in [-0.15, -0.1) is 0 Å². The van der Waals surface area contributed by atoms with E-state index in [0.717, 1.165) is 35.2 Å². The summed E-state index contributed by atoms with van der Waals surface area (Å²) in [7, 11) is 0. The molecule has 0 saturated carbocycles. The number of carbonyl (C=O) groups is 2. The highest BCUT2D eigenvalue weighted by Crippen LogP contribution is 2.38. The molecule has 25 heavy (non-hydrogen) atoms. The van der Waals surface area contributed by atoms with Gasteiger partial charge in [0.25, 0.3) is 0 Å². The van der Waals surface area contributed by atoms with Crippen LogP contribution in [0.4, 0.5) is 4.79 Å². The summed E-state index contributed by atoms with van der Waals surface area (Å²) in [6.07, 6.45) is 3.57. The fourth-order valence-corrected chi connectivity index (χ4v) is 3.33. The summed E-state index contributed by atoms with van der Waals surface area (Å²) < 4.78 is 6.79. The van der Waals surface area contributed by atoms with Gasteiger partial charge < -0.3 is 10.5 Å². The van der Waals surface area contributed by atoms with E-state index in [4.69, 9.17) is 10.5 Å². The van der Waals surface area contributed by atoms with Crippen LogP contribution in [-0.2, 0) is 11.2 Å². The van der Waals surface area contributed by atoms with Gasteiger partial charge in [0.2, 0.25) is 0 Å². The van der Waals surface area contributed by atoms with Crippen LogP contribution in [0.15, 0.2) is 30.3 Å². The standard InChI is InChI=1S/C19H21N3O3/c1-3-25-18(23)16-12(2)22(21-19(20)24)17-14(9-10-15(16)17)11-13-7-5-4-6-8-13/h4-8,11H,3,9-10H2,1-2H3,(H3,20,21,24). The number of primary amides is 1. The summed E-state index contributed by atoms with van der Waals surface area (Å²) in [6, 6.07) is 9.25. The second-order valence-electron chi connectivity index (χ2n) is 5.90. The van der Waals surface area contributed by atoms with Gasteiger partial charge >= 0.3 is 12.0 Å². The molecule has 1 heterocycles. The highest BCUT2D eigenvalue weighted by atomic mass is 16.5. The molecule has 0 unspecified atom stereocenters. The maximum Gasteiger partial charge on any atom is 0.340 e. The summed E-state index contributed by atoms with van der Waals surface area (Å²) in [4.78, 5) is 23.8. The number of allylic oxidation sites excluding steroid dienone is 1. The molecular formula is C19H21N3O3. The van der Waals surface area contributed by atoms with Crippen LogP contribution < -0.4 is 11.2 Å². The molecule has 2 aromatic rings. The Morgan fingerprint density at radius 3 is 2.64 bits per heavy atom. The van der Waals surface area contributed by atoms with Gasteiger partial charge in [0.15, 0.2) is 0 Å². The number of rotatable bonds is 4. The van der Waals surface area contributed by atoms with Crippen molar-refractivity contribution in [2.24, 2.45) is 5.73 Å². The zero-order valence-corrected chi connectivity index (χ0v) is 14.3. The Balaban J connectivity index is 2.14. The lowest BCUT2D eigenvalue weighted by Gasteiger charge is -2.12. The number of aromatic nitrogens is 1. The average Bonchev–Trinajstić information content (AvgIpc) is 3.08. The second-order valence-corrected chi connectivity index (χ2v) is 5.90. The minimum atomic E-state index is -0.678. The molecule has 0 saturated heterocycles. The summed E-state index contributed by atoms with van der Waals surface area (Å²) in [5, 5.41) is 0. The van der Waals surface area contributed by atoms with E-state index >= 15 is 0 Å². The molecule has 6 nitrogen and oxygen atoms in total. The molecule has 130 valence electrons. The molecule has 3 rings (SSSR count). The van der Waals surface area contributed by atoms with Crippen LogP contribution in [-0.4, -0.2) is 23.3 Å². The molecule has 6 heteroatoms. The number of hydrogen-bond acceptors (Lipinski definition) is 3. The molecule has 1 aliphatic carbocycles. The quantitative estimate of drug-likeness (QED) is 0.839. The second kappa shape index (κ2) is 6.84. The Morgan fingerprint density at radius 2 is 2.00 bits per heavy atom. The van der Waals surface area contributed by atoms with E-state index < -0.39 is 6.03 Å². The first-order valence-electron chi connectivity index (χ1n) is 8.26. The minimum absolute atomic E-state index is 0.300. The van der Waals surface area contributed by atoms with Crippen LogP contribution in [0.3, 0.4) is 0 Å². The van der Waals surface area contributed by atoms with Gasteiger partial charge in [-0.1, -0.05) is 30.3 Å². The number of esters is 1. The lowest BCUT2D eigenvalue weighted by Crippen LogP contribution is -2.30. The van der Waals surface area contributed by atoms with Crippen LogP contribution in [0.5, 0.6) is 0 Å². The van der Waals surface area contributed by atoms with Gasteiger partial charge in [0.1, 0.15) is 0 Å². The predicted molar refractivity (Wildman–Crippen MR) is 96.7 cm³/mol. The van der Waals surface area contributed by atoms with E-state index in [1.807, 2.05) is 30.3 Å². The number of nitrogens with two attached hydrogens (primary N) is 1. The molecule has 1 aromatic heterocycles. The molecule has 0 fully saturated rings. The van der Waals surface area contributed by atoms with Gasteiger partial charge in [-0.05, 0) is 49.5 Å². The number of ether oxygens (including phenoxy) is 1. The molecule has 2 amide bonds. The SMILES string of the molecule is CCOC(=O)c1c2c(n(NC(N)=O)c1C)C(=Cc1ccccc1)CC2. The Morgan fingerprint density at radius 1 is 1.28 bits per heavy atom. The molecule has 0 bridgehead atoms.